The van der Waals surface area contributed by atoms with Crippen LogP contribution in [0, 0.1) is 6.92 Å². The van der Waals surface area contributed by atoms with Crippen molar-refractivity contribution in [3.63, 3.8) is 0 Å². The summed E-state index contributed by atoms with van der Waals surface area (Å²) in [7, 11) is 0. The SMILES string of the molecule is Cc1cc(NC(=O)CNC2CC2)n[nH]1. The van der Waals surface area contributed by atoms with Crippen molar-refractivity contribution in [2.45, 2.75) is 25.8 Å². The first kappa shape index (κ1) is 9.21. The number of amides is 1. The molecule has 0 unspecified atom stereocenters. The molecule has 14 heavy (non-hydrogen) atoms. The molecule has 5 nitrogen and oxygen atoms in total. The summed E-state index contributed by atoms with van der Waals surface area (Å²) in [6.45, 7) is 2.27. The maximum Gasteiger partial charge on any atom is 0.239 e. The van der Waals surface area contributed by atoms with Crippen LogP contribution in [-0.2, 0) is 4.79 Å². The number of hydrogen-bond acceptors (Lipinski definition) is 3. The van der Waals surface area contributed by atoms with Gasteiger partial charge < -0.3 is 10.6 Å². The summed E-state index contributed by atoms with van der Waals surface area (Å²) in [6.07, 6.45) is 2.38. The minimum Gasteiger partial charge on any atom is -0.308 e. The number of aromatic amines is 1. The summed E-state index contributed by atoms with van der Waals surface area (Å²) in [6, 6.07) is 2.36. The number of nitrogens with one attached hydrogen (secondary N) is 3. The van der Waals surface area contributed by atoms with Gasteiger partial charge in [0.2, 0.25) is 5.91 Å². The lowest BCUT2D eigenvalue weighted by molar-refractivity contribution is -0.115. The average molecular weight is 194 g/mol. The molecule has 1 saturated carbocycles. The number of H-pyrrole nitrogens is 1. The van der Waals surface area contributed by atoms with E-state index in [2.05, 4.69) is 20.8 Å². The van der Waals surface area contributed by atoms with Crippen molar-refractivity contribution in [2.24, 2.45) is 0 Å². The molecule has 3 N–H and O–H groups in total. The van der Waals surface area contributed by atoms with Crippen LogP contribution < -0.4 is 10.6 Å². The van der Waals surface area contributed by atoms with Crippen molar-refractivity contribution < 1.29 is 4.79 Å². The quantitative estimate of drug-likeness (QED) is 0.650. The molecule has 1 heterocycles. The molecule has 1 aliphatic rings. The van der Waals surface area contributed by atoms with E-state index in [0.717, 1.165) is 5.69 Å². The second kappa shape index (κ2) is 3.79. The van der Waals surface area contributed by atoms with Crippen LogP contribution in [0.15, 0.2) is 6.07 Å². The Morgan fingerprint density at radius 2 is 2.50 bits per heavy atom. The number of aryl methyl sites for hydroxylation is 1. The topological polar surface area (TPSA) is 69.8 Å². The van der Waals surface area contributed by atoms with Crippen molar-refractivity contribution >= 4 is 11.7 Å². The Bertz CT molecular complexity index is 329. The molecule has 5 heteroatoms. The van der Waals surface area contributed by atoms with Crippen molar-refractivity contribution in [1.29, 1.82) is 0 Å². The van der Waals surface area contributed by atoms with Gasteiger partial charge in [0.25, 0.3) is 0 Å². The van der Waals surface area contributed by atoms with E-state index in [9.17, 15) is 4.79 Å². The molecule has 0 radical (unpaired) electrons. The highest BCUT2D eigenvalue weighted by Gasteiger charge is 2.21. The van der Waals surface area contributed by atoms with Gasteiger partial charge in [-0.25, -0.2) is 0 Å². The third-order valence-corrected chi connectivity index (χ3v) is 2.10. The number of carbonyl (C=O) groups is 1. The average Bonchev–Trinajstić information content (AvgIpc) is 2.88. The van der Waals surface area contributed by atoms with E-state index >= 15 is 0 Å². The van der Waals surface area contributed by atoms with Crippen molar-refractivity contribution in [2.75, 3.05) is 11.9 Å². The second-order valence-corrected chi connectivity index (χ2v) is 3.64. The molecular formula is C9H14N4O. The van der Waals surface area contributed by atoms with E-state index < -0.39 is 0 Å². The van der Waals surface area contributed by atoms with Crippen molar-refractivity contribution in [1.82, 2.24) is 15.5 Å². The minimum absolute atomic E-state index is 0.0385. The highest BCUT2D eigenvalue weighted by Crippen LogP contribution is 2.18. The van der Waals surface area contributed by atoms with Crippen LogP contribution in [0.5, 0.6) is 0 Å². The van der Waals surface area contributed by atoms with E-state index in [0.29, 0.717) is 18.4 Å². The van der Waals surface area contributed by atoms with Gasteiger partial charge in [-0.05, 0) is 19.8 Å². The maximum atomic E-state index is 11.3. The van der Waals surface area contributed by atoms with Gasteiger partial charge in [-0.3, -0.25) is 9.89 Å². The van der Waals surface area contributed by atoms with Crippen LogP contribution in [0.3, 0.4) is 0 Å². The molecule has 1 aromatic heterocycles. The Kier molecular flexibility index (Phi) is 2.49. The Hall–Kier alpha value is -1.36. The first-order chi connectivity index (χ1) is 6.74. The lowest BCUT2D eigenvalue weighted by Gasteiger charge is -2.01. The fourth-order valence-corrected chi connectivity index (χ4v) is 1.19. The fourth-order valence-electron chi connectivity index (χ4n) is 1.19. The summed E-state index contributed by atoms with van der Waals surface area (Å²) in [5, 5.41) is 12.5. The molecule has 0 saturated heterocycles. The molecule has 0 aliphatic heterocycles. The van der Waals surface area contributed by atoms with Crippen LogP contribution in [0.25, 0.3) is 0 Å². The Morgan fingerprint density at radius 1 is 1.71 bits per heavy atom. The predicted octanol–water partition coefficient (Wildman–Crippen LogP) is 0.409. The number of rotatable bonds is 4. The van der Waals surface area contributed by atoms with E-state index in [1.165, 1.54) is 12.8 Å². The maximum absolute atomic E-state index is 11.3. The summed E-state index contributed by atoms with van der Waals surface area (Å²) >= 11 is 0. The molecule has 0 aromatic carbocycles. The van der Waals surface area contributed by atoms with E-state index in [1.54, 1.807) is 6.07 Å². The van der Waals surface area contributed by atoms with Crippen LogP contribution in [-0.4, -0.2) is 28.7 Å². The molecule has 2 rings (SSSR count). The Morgan fingerprint density at radius 3 is 3.07 bits per heavy atom. The monoisotopic (exact) mass is 194 g/mol. The number of anilines is 1. The molecule has 76 valence electrons. The molecule has 1 aromatic rings. The van der Waals surface area contributed by atoms with Gasteiger partial charge in [0, 0.05) is 17.8 Å². The summed E-state index contributed by atoms with van der Waals surface area (Å²) < 4.78 is 0. The van der Waals surface area contributed by atoms with E-state index in [4.69, 9.17) is 0 Å². The first-order valence-corrected chi connectivity index (χ1v) is 4.79. The zero-order valence-corrected chi connectivity index (χ0v) is 8.13. The number of nitrogens with zero attached hydrogens (tertiary/aromatic N) is 1. The van der Waals surface area contributed by atoms with Crippen LogP contribution in [0.2, 0.25) is 0 Å². The highest BCUT2D eigenvalue weighted by molar-refractivity contribution is 5.91. The van der Waals surface area contributed by atoms with Crippen molar-refractivity contribution in [3.8, 4) is 0 Å². The number of carbonyl (C=O) groups excluding carboxylic acids is 1. The van der Waals surface area contributed by atoms with Gasteiger partial charge in [0.05, 0.1) is 6.54 Å². The van der Waals surface area contributed by atoms with E-state index in [-0.39, 0.29) is 5.91 Å². The second-order valence-electron chi connectivity index (χ2n) is 3.64. The molecule has 1 aliphatic carbocycles. The summed E-state index contributed by atoms with van der Waals surface area (Å²) in [5.74, 6) is 0.550. The lowest BCUT2D eigenvalue weighted by atomic mass is 10.4. The molecule has 0 spiro atoms. The molecule has 0 bridgehead atoms. The standard InChI is InChI=1S/C9H14N4O/c1-6-4-8(13-12-6)11-9(14)5-10-7-2-3-7/h4,7,10H,2-3,5H2,1H3,(H2,11,12,13,14). The fraction of sp³-hybridized carbons (Fsp3) is 0.556. The van der Waals surface area contributed by atoms with Gasteiger partial charge in [-0.1, -0.05) is 0 Å². The lowest BCUT2D eigenvalue weighted by Crippen LogP contribution is -2.29. The number of hydrogen-bond donors (Lipinski definition) is 3. The van der Waals surface area contributed by atoms with Crippen LogP contribution in [0.4, 0.5) is 5.82 Å². The summed E-state index contributed by atoms with van der Waals surface area (Å²) in [4.78, 5) is 11.3. The molecule has 0 atom stereocenters. The summed E-state index contributed by atoms with van der Waals surface area (Å²) in [5.41, 5.74) is 0.940. The number of aromatic nitrogens is 2. The molecule has 1 fully saturated rings. The largest absolute Gasteiger partial charge is 0.308 e. The van der Waals surface area contributed by atoms with E-state index in [1.807, 2.05) is 6.92 Å². The smallest absolute Gasteiger partial charge is 0.239 e. The normalized spacial score (nSPS) is 15.5. The molecule has 1 amide bonds. The van der Waals surface area contributed by atoms with Crippen LogP contribution >= 0.6 is 0 Å². The minimum atomic E-state index is -0.0385. The van der Waals surface area contributed by atoms with Crippen molar-refractivity contribution in [3.05, 3.63) is 11.8 Å². The van der Waals surface area contributed by atoms with Crippen LogP contribution in [0.1, 0.15) is 18.5 Å². The third kappa shape index (κ3) is 2.56. The zero-order valence-electron chi connectivity index (χ0n) is 8.13. The van der Waals surface area contributed by atoms with Gasteiger partial charge in [-0.2, -0.15) is 5.10 Å². The van der Waals surface area contributed by atoms with Gasteiger partial charge >= 0.3 is 0 Å². The molecular weight excluding hydrogens is 180 g/mol. The van der Waals surface area contributed by atoms with Gasteiger partial charge in [-0.15, -0.1) is 0 Å². The van der Waals surface area contributed by atoms with Gasteiger partial charge in [0.1, 0.15) is 0 Å². The Labute approximate surface area is 82.3 Å². The predicted molar refractivity (Wildman–Crippen MR) is 53.0 cm³/mol. The Balaban J connectivity index is 1.75. The zero-order chi connectivity index (χ0) is 9.97. The highest BCUT2D eigenvalue weighted by atomic mass is 16.2. The third-order valence-electron chi connectivity index (χ3n) is 2.10. The van der Waals surface area contributed by atoms with Gasteiger partial charge in [0.15, 0.2) is 5.82 Å². The first-order valence-electron chi connectivity index (χ1n) is 4.79.